The topological polar surface area (TPSA) is 82.1 Å². The molecule has 200 valence electrons. The van der Waals surface area contributed by atoms with Gasteiger partial charge in [-0.15, -0.1) is 9.05 Å². The molecule has 7 nitrogen and oxygen atoms in total. The van der Waals surface area contributed by atoms with Crippen LogP contribution in [0.1, 0.15) is 96.8 Å². The van der Waals surface area contributed by atoms with Crippen LogP contribution in [0.4, 0.5) is 0 Å². The van der Waals surface area contributed by atoms with Gasteiger partial charge in [0.15, 0.2) is 6.61 Å². The maximum atomic E-state index is 11.8. The minimum atomic E-state index is -2.28. The van der Waals surface area contributed by atoms with Crippen LogP contribution in [0.3, 0.4) is 0 Å². The Bertz CT molecular complexity index is 536. The molecule has 0 saturated carbocycles. The first-order valence-corrected chi connectivity index (χ1v) is 14.4. The van der Waals surface area contributed by atoms with Crippen molar-refractivity contribution in [1.29, 1.82) is 0 Å². The van der Waals surface area contributed by atoms with Crippen molar-refractivity contribution in [2.45, 2.75) is 103 Å². The summed E-state index contributed by atoms with van der Waals surface area (Å²) in [5, 5.41) is 9.81. The Kier molecular flexibility index (Phi) is 22.0. The van der Waals surface area contributed by atoms with Gasteiger partial charge in [-0.2, -0.15) is 0 Å². The third-order valence-corrected chi connectivity index (χ3v) is 6.16. The van der Waals surface area contributed by atoms with Crippen LogP contribution in [0.2, 0.25) is 0 Å². The van der Waals surface area contributed by atoms with E-state index in [2.05, 4.69) is 19.1 Å². The Morgan fingerprint density at radius 2 is 1.41 bits per heavy atom. The Morgan fingerprint density at radius 3 is 2.00 bits per heavy atom. The monoisotopic (exact) mass is 505 g/mol. The van der Waals surface area contributed by atoms with Crippen molar-refractivity contribution < 1.29 is 32.7 Å². The second-order valence-electron chi connectivity index (χ2n) is 10.0. The maximum Gasteiger partial charge on any atom is 0.697 e. The molecule has 0 bridgehead atoms. The molecule has 0 aromatic heterocycles. The zero-order chi connectivity index (χ0) is 25.5. The second kappa shape index (κ2) is 22.6. The molecule has 2 atom stereocenters. The lowest BCUT2D eigenvalue weighted by Crippen LogP contribution is -2.37. The molecule has 34 heavy (non-hydrogen) atoms. The lowest BCUT2D eigenvalue weighted by molar-refractivity contribution is -0.870. The van der Waals surface area contributed by atoms with Crippen molar-refractivity contribution in [2.75, 3.05) is 47.5 Å². The standard InChI is InChI=1S/C26H52NO6P/c1-5-6-7-8-9-10-11-12-13-14-15-16-17-18-19-20-26(29)31-23-25(28)24-33-34(30)32-22-21-27(2,3)4/h12-13,25,28H,5-11,14-24H2,1-4H3/q+2/b13-12-/t25-/m1/s1. The molecule has 0 aromatic carbocycles. The largest absolute Gasteiger partial charge is 0.697 e. The van der Waals surface area contributed by atoms with Crippen LogP contribution in [0.15, 0.2) is 12.2 Å². The van der Waals surface area contributed by atoms with Gasteiger partial charge in [0.1, 0.15) is 25.9 Å². The van der Waals surface area contributed by atoms with Crippen molar-refractivity contribution in [3.8, 4) is 0 Å². The van der Waals surface area contributed by atoms with Gasteiger partial charge in [-0.3, -0.25) is 4.79 Å². The molecule has 0 radical (unpaired) electrons. The summed E-state index contributed by atoms with van der Waals surface area (Å²) < 4.78 is 27.4. The Morgan fingerprint density at radius 1 is 0.853 bits per heavy atom. The van der Waals surface area contributed by atoms with Gasteiger partial charge in [-0.25, -0.2) is 0 Å². The fraction of sp³-hybridized carbons (Fsp3) is 0.885. The van der Waals surface area contributed by atoms with Gasteiger partial charge in [-0.05, 0) is 32.1 Å². The number of carbonyl (C=O) groups excluding carboxylic acids is 1. The highest BCUT2D eigenvalue weighted by Gasteiger charge is 2.24. The minimum Gasteiger partial charge on any atom is -0.463 e. The van der Waals surface area contributed by atoms with Crippen LogP contribution in [0, 0.1) is 0 Å². The van der Waals surface area contributed by atoms with Gasteiger partial charge in [0, 0.05) is 11.0 Å². The summed E-state index contributed by atoms with van der Waals surface area (Å²) in [6.45, 7) is 2.90. The summed E-state index contributed by atoms with van der Waals surface area (Å²) in [5.74, 6) is -0.319. The zero-order valence-electron chi connectivity index (χ0n) is 22.3. The van der Waals surface area contributed by atoms with Crippen molar-refractivity contribution in [3.05, 3.63) is 12.2 Å². The van der Waals surface area contributed by atoms with Crippen molar-refractivity contribution in [1.82, 2.24) is 0 Å². The van der Waals surface area contributed by atoms with Gasteiger partial charge in [0.25, 0.3) is 0 Å². The van der Waals surface area contributed by atoms with E-state index in [1.807, 2.05) is 21.1 Å². The summed E-state index contributed by atoms with van der Waals surface area (Å²) in [5.41, 5.74) is 0. The maximum absolute atomic E-state index is 11.8. The van der Waals surface area contributed by atoms with Gasteiger partial charge in [0.05, 0.1) is 21.1 Å². The molecule has 0 fully saturated rings. The number of rotatable bonds is 24. The predicted molar refractivity (Wildman–Crippen MR) is 139 cm³/mol. The van der Waals surface area contributed by atoms with Gasteiger partial charge in [0.2, 0.25) is 0 Å². The minimum absolute atomic E-state index is 0.161. The molecule has 8 heteroatoms. The Balaban J connectivity index is 3.48. The Hall–Kier alpha value is -0.850. The summed E-state index contributed by atoms with van der Waals surface area (Å²) in [6, 6.07) is 0. The molecule has 0 rings (SSSR count). The molecule has 0 aromatic rings. The summed E-state index contributed by atoms with van der Waals surface area (Å²) in [4.78, 5) is 11.8. The summed E-state index contributed by atoms with van der Waals surface area (Å²) in [7, 11) is 3.74. The Labute approximate surface area is 209 Å². The number of aliphatic hydroxyl groups is 1. The van der Waals surface area contributed by atoms with Crippen LogP contribution >= 0.6 is 8.25 Å². The number of hydrogen-bond donors (Lipinski definition) is 1. The zero-order valence-corrected chi connectivity index (χ0v) is 23.2. The number of aliphatic hydroxyl groups excluding tert-OH is 1. The van der Waals surface area contributed by atoms with E-state index in [4.69, 9.17) is 13.8 Å². The normalized spacial score (nSPS) is 13.4. The molecular weight excluding hydrogens is 453 g/mol. The van der Waals surface area contributed by atoms with E-state index in [1.54, 1.807) is 0 Å². The molecular formula is C26H52NO6P+2. The van der Waals surface area contributed by atoms with Crippen molar-refractivity contribution in [2.24, 2.45) is 0 Å². The number of carbonyl (C=O) groups is 1. The van der Waals surface area contributed by atoms with Crippen LogP contribution in [0.5, 0.6) is 0 Å². The quantitative estimate of drug-likeness (QED) is 0.0543. The van der Waals surface area contributed by atoms with Crippen molar-refractivity contribution in [3.63, 3.8) is 0 Å². The fourth-order valence-corrected chi connectivity index (χ4v) is 3.82. The van der Waals surface area contributed by atoms with E-state index < -0.39 is 14.4 Å². The van der Waals surface area contributed by atoms with E-state index in [-0.39, 0.29) is 19.2 Å². The highest BCUT2D eigenvalue weighted by Crippen LogP contribution is 2.23. The van der Waals surface area contributed by atoms with E-state index in [1.165, 1.54) is 57.8 Å². The van der Waals surface area contributed by atoms with E-state index in [0.717, 1.165) is 25.7 Å². The van der Waals surface area contributed by atoms with Crippen LogP contribution in [0.25, 0.3) is 0 Å². The number of allylic oxidation sites excluding steroid dienone is 2. The first-order valence-electron chi connectivity index (χ1n) is 13.3. The van der Waals surface area contributed by atoms with Gasteiger partial charge < -0.3 is 14.3 Å². The second-order valence-corrected chi connectivity index (χ2v) is 11.0. The average Bonchev–Trinajstić information content (AvgIpc) is 2.78. The molecule has 1 N–H and O–H groups in total. The highest BCUT2D eigenvalue weighted by atomic mass is 31.1. The molecule has 0 aliphatic rings. The molecule has 0 heterocycles. The molecule has 0 amide bonds. The van der Waals surface area contributed by atoms with Gasteiger partial charge in [-0.1, -0.05) is 70.4 Å². The first kappa shape index (κ1) is 33.1. The molecule has 1 unspecified atom stereocenters. The number of quaternary nitrogens is 1. The highest BCUT2D eigenvalue weighted by molar-refractivity contribution is 7.33. The lowest BCUT2D eigenvalue weighted by Gasteiger charge is -2.21. The number of likely N-dealkylation sites (N-methyl/N-ethyl adjacent to an activating group) is 1. The number of nitrogens with zero attached hydrogens (tertiary/aromatic N) is 1. The number of ether oxygens (including phenoxy) is 1. The molecule has 0 spiro atoms. The number of unbranched alkanes of at least 4 members (excludes halogenated alkanes) is 11. The SMILES string of the molecule is CCCCCCCC/C=C\CCCCCCCC(=O)OC[C@@H](O)CO[P+](=O)OCC[N+](C)(C)C. The smallest absolute Gasteiger partial charge is 0.463 e. The summed E-state index contributed by atoms with van der Waals surface area (Å²) in [6.07, 6.45) is 19.7. The van der Waals surface area contributed by atoms with E-state index in [9.17, 15) is 14.5 Å². The first-order chi connectivity index (χ1) is 16.2. The van der Waals surface area contributed by atoms with Crippen LogP contribution in [-0.4, -0.2) is 69.2 Å². The molecule has 0 aliphatic heterocycles. The average molecular weight is 506 g/mol. The predicted octanol–water partition coefficient (Wildman–Crippen LogP) is 6.32. The summed E-state index contributed by atoms with van der Waals surface area (Å²) >= 11 is 0. The molecule has 0 aliphatic carbocycles. The third-order valence-electron chi connectivity index (χ3n) is 5.41. The van der Waals surface area contributed by atoms with Crippen molar-refractivity contribution >= 4 is 14.2 Å². The van der Waals surface area contributed by atoms with E-state index >= 15 is 0 Å². The third kappa shape index (κ3) is 25.8. The number of hydrogen-bond acceptors (Lipinski definition) is 6. The van der Waals surface area contributed by atoms with Gasteiger partial charge >= 0.3 is 14.2 Å². The van der Waals surface area contributed by atoms with E-state index in [0.29, 0.717) is 24.1 Å². The fourth-order valence-electron chi connectivity index (χ4n) is 3.22. The molecule has 0 saturated heterocycles. The van der Waals surface area contributed by atoms with Crippen LogP contribution < -0.4 is 0 Å². The van der Waals surface area contributed by atoms with Crippen LogP contribution in [-0.2, 0) is 23.1 Å². The lowest BCUT2D eigenvalue weighted by atomic mass is 10.1. The number of esters is 1.